The van der Waals surface area contributed by atoms with Crippen molar-refractivity contribution in [2.24, 2.45) is 11.7 Å². The van der Waals surface area contributed by atoms with Crippen molar-refractivity contribution in [1.29, 1.82) is 0 Å². The fraction of sp³-hybridized carbons (Fsp3) is 0.588. The molecule has 1 aliphatic heterocycles. The highest BCUT2D eigenvalue weighted by Gasteiger charge is 2.30. The molecule has 2 aromatic heterocycles. The molecule has 0 aliphatic carbocycles. The quantitative estimate of drug-likeness (QED) is 0.900. The Hall–Kier alpha value is -1.66. The van der Waals surface area contributed by atoms with Crippen LogP contribution in [0.4, 0.5) is 0 Å². The van der Waals surface area contributed by atoms with Crippen LogP contribution in [0.5, 0.6) is 0 Å². The average molecular weight is 352 g/mol. The molecule has 1 saturated heterocycles. The zero-order chi connectivity index (χ0) is 16.7. The van der Waals surface area contributed by atoms with Gasteiger partial charge in [0.15, 0.2) is 5.65 Å². The molecule has 2 atom stereocenters. The van der Waals surface area contributed by atoms with Crippen LogP contribution in [0.1, 0.15) is 47.2 Å². The summed E-state index contributed by atoms with van der Waals surface area (Å²) >= 11 is 0. The van der Waals surface area contributed by atoms with Gasteiger partial charge in [-0.15, -0.1) is 12.4 Å². The average Bonchev–Trinajstić information content (AvgIpc) is 2.83. The number of aromatic nitrogens is 3. The van der Waals surface area contributed by atoms with Gasteiger partial charge in [0.05, 0.1) is 5.69 Å². The summed E-state index contributed by atoms with van der Waals surface area (Å²) < 4.78 is 1.77. The number of halogens is 1. The zero-order valence-corrected chi connectivity index (χ0v) is 15.6. The topological polar surface area (TPSA) is 76.5 Å². The minimum Gasteiger partial charge on any atom is -0.338 e. The lowest BCUT2D eigenvalue weighted by Gasteiger charge is -2.34. The standard InChI is InChI=1S/C17H25N5O.ClH/c1-10-8-11(2)22-16(19-10)15(13(4)20-22)17(23)21-7-5-6-14(9-21)12(3)18;/h8,12,14H,5-7,9,18H2,1-4H3;1H. The minimum atomic E-state index is 0. The van der Waals surface area contributed by atoms with E-state index in [1.54, 1.807) is 4.52 Å². The third kappa shape index (κ3) is 3.26. The summed E-state index contributed by atoms with van der Waals surface area (Å²) in [6.07, 6.45) is 2.09. The Labute approximate surface area is 148 Å². The SMILES string of the molecule is Cc1cc(C)n2nc(C)c(C(=O)N3CCCC(C(C)N)C3)c2n1.Cl. The van der Waals surface area contributed by atoms with E-state index in [1.807, 2.05) is 38.7 Å². The molecule has 0 aromatic carbocycles. The molecule has 0 spiro atoms. The van der Waals surface area contributed by atoms with Crippen molar-refractivity contribution >= 4 is 24.0 Å². The van der Waals surface area contributed by atoms with Crippen LogP contribution in [0.15, 0.2) is 6.07 Å². The van der Waals surface area contributed by atoms with E-state index in [-0.39, 0.29) is 24.4 Å². The minimum absolute atomic E-state index is 0. The summed E-state index contributed by atoms with van der Waals surface area (Å²) in [5.74, 6) is 0.395. The number of nitrogens with zero attached hydrogens (tertiary/aromatic N) is 4. The lowest BCUT2D eigenvalue weighted by atomic mass is 9.92. The Morgan fingerprint density at radius 1 is 1.38 bits per heavy atom. The van der Waals surface area contributed by atoms with Crippen molar-refractivity contribution in [3.63, 3.8) is 0 Å². The van der Waals surface area contributed by atoms with Crippen LogP contribution in [0.3, 0.4) is 0 Å². The van der Waals surface area contributed by atoms with Gasteiger partial charge >= 0.3 is 0 Å². The summed E-state index contributed by atoms with van der Waals surface area (Å²) in [5.41, 5.74) is 9.95. The molecule has 3 rings (SSSR count). The smallest absolute Gasteiger partial charge is 0.259 e. The van der Waals surface area contributed by atoms with E-state index in [4.69, 9.17) is 5.73 Å². The number of nitrogens with two attached hydrogens (primary N) is 1. The van der Waals surface area contributed by atoms with Gasteiger partial charge in [-0.05, 0) is 52.5 Å². The molecular weight excluding hydrogens is 326 g/mol. The Morgan fingerprint density at radius 3 is 2.75 bits per heavy atom. The van der Waals surface area contributed by atoms with E-state index >= 15 is 0 Å². The van der Waals surface area contributed by atoms with Gasteiger partial charge in [0, 0.05) is 30.5 Å². The van der Waals surface area contributed by atoms with Crippen LogP contribution in [0.25, 0.3) is 5.65 Å². The predicted octanol–water partition coefficient (Wildman–Crippen LogP) is 2.28. The molecule has 7 heteroatoms. The molecule has 1 aliphatic rings. The number of carbonyl (C=O) groups excluding carboxylic acids is 1. The summed E-state index contributed by atoms with van der Waals surface area (Å²) in [6, 6.07) is 2.08. The van der Waals surface area contributed by atoms with E-state index in [0.29, 0.717) is 17.1 Å². The lowest BCUT2D eigenvalue weighted by Crippen LogP contribution is -2.45. The number of fused-ring (bicyclic) bond motifs is 1. The fourth-order valence-corrected chi connectivity index (χ4v) is 3.46. The van der Waals surface area contributed by atoms with Crippen molar-refractivity contribution in [3.8, 4) is 0 Å². The number of carbonyl (C=O) groups is 1. The maximum absolute atomic E-state index is 13.1. The maximum Gasteiger partial charge on any atom is 0.259 e. The molecule has 1 amide bonds. The van der Waals surface area contributed by atoms with Crippen LogP contribution in [-0.4, -0.2) is 44.5 Å². The number of piperidine rings is 1. The van der Waals surface area contributed by atoms with E-state index < -0.39 is 0 Å². The van der Waals surface area contributed by atoms with Gasteiger partial charge in [0.2, 0.25) is 0 Å². The Balaban J connectivity index is 0.00000208. The van der Waals surface area contributed by atoms with Gasteiger partial charge in [0.25, 0.3) is 5.91 Å². The third-order valence-electron chi connectivity index (χ3n) is 4.77. The lowest BCUT2D eigenvalue weighted by molar-refractivity contribution is 0.0662. The van der Waals surface area contributed by atoms with Crippen LogP contribution in [0, 0.1) is 26.7 Å². The Kier molecular flexibility index (Phi) is 5.50. The fourth-order valence-electron chi connectivity index (χ4n) is 3.46. The monoisotopic (exact) mass is 351 g/mol. The predicted molar refractivity (Wildman–Crippen MR) is 96.7 cm³/mol. The summed E-state index contributed by atoms with van der Waals surface area (Å²) in [5, 5.41) is 4.51. The molecule has 0 saturated carbocycles. The molecule has 6 nitrogen and oxygen atoms in total. The van der Waals surface area contributed by atoms with E-state index in [1.165, 1.54) is 0 Å². The van der Waals surface area contributed by atoms with Crippen molar-refractivity contribution in [2.75, 3.05) is 13.1 Å². The number of rotatable bonds is 2. The highest BCUT2D eigenvalue weighted by Crippen LogP contribution is 2.23. The molecule has 1 fully saturated rings. The molecule has 0 bridgehead atoms. The van der Waals surface area contributed by atoms with Gasteiger partial charge in [0.1, 0.15) is 5.56 Å². The van der Waals surface area contributed by atoms with Crippen LogP contribution in [-0.2, 0) is 0 Å². The van der Waals surface area contributed by atoms with Gasteiger partial charge in [-0.2, -0.15) is 5.10 Å². The first-order chi connectivity index (χ1) is 10.9. The second-order valence-corrected chi connectivity index (χ2v) is 6.75. The largest absolute Gasteiger partial charge is 0.338 e. The summed E-state index contributed by atoms with van der Waals surface area (Å²) in [7, 11) is 0. The molecule has 0 radical (unpaired) electrons. The first-order valence-corrected chi connectivity index (χ1v) is 8.27. The number of hydrogen-bond donors (Lipinski definition) is 1. The number of hydrogen-bond acceptors (Lipinski definition) is 4. The Bertz CT molecular complexity index is 755. The van der Waals surface area contributed by atoms with Crippen molar-refractivity contribution in [1.82, 2.24) is 19.5 Å². The van der Waals surface area contributed by atoms with Crippen molar-refractivity contribution in [3.05, 3.63) is 28.7 Å². The second-order valence-electron chi connectivity index (χ2n) is 6.75. The van der Waals surface area contributed by atoms with E-state index in [2.05, 4.69) is 10.1 Å². The number of likely N-dealkylation sites (tertiary alicyclic amines) is 1. The van der Waals surface area contributed by atoms with Crippen LogP contribution in [0.2, 0.25) is 0 Å². The molecule has 132 valence electrons. The highest BCUT2D eigenvalue weighted by atomic mass is 35.5. The first kappa shape index (κ1) is 18.7. The van der Waals surface area contributed by atoms with Crippen molar-refractivity contribution in [2.45, 2.75) is 46.6 Å². The molecule has 2 aromatic rings. The second kappa shape index (κ2) is 7.07. The van der Waals surface area contributed by atoms with Crippen LogP contribution < -0.4 is 5.73 Å². The Morgan fingerprint density at radius 2 is 2.08 bits per heavy atom. The van der Waals surface area contributed by atoms with Gasteiger partial charge in [-0.1, -0.05) is 0 Å². The van der Waals surface area contributed by atoms with Gasteiger partial charge in [-0.3, -0.25) is 4.79 Å². The molecular formula is C17H26ClN5O. The molecule has 2 unspecified atom stereocenters. The maximum atomic E-state index is 13.1. The zero-order valence-electron chi connectivity index (χ0n) is 14.7. The van der Waals surface area contributed by atoms with E-state index in [0.717, 1.165) is 43.0 Å². The number of amides is 1. The van der Waals surface area contributed by atoms with Gasteiger partial charge in [-0.25, -0.2) is 9.50 Å². The molecule has 2 N–H and O–H groups in total. The highest BCUT2D eigenvalue weighted by molar-refractivity contribution is 6.01. The summed E-state index contributed by atoms with van der Waals surface area (Å²) in [4.78, 5) is 19.6. The van der Waals surface area contributed by atoms with Gasteiger partial charge < -0.3 is 10.6 Å². The third-order valence-corrected chi connectivity index (χ3v) is 4.77. The molecule has 3 heterocycles. The van der Waals surface area contributed by atoms with Crippen LogP contribution >= 0.6 is 12.4 Å². The first-order valence-electron chi connectivity index (χ1n) is 8.27. The number of aryl methyl sites for hydroxylation is 3. The molecule has 24 heavy (non-hydrogen) atoms. The summed E-state index contributed by atoms with van der Waals surface area (Å²) in [6.45, 7) is 9.32. The van der Waals surface area contributed by atoms with E-state index in [9.17, 15) is 4.79 Å². The normalized spacial score (nSPS) is 19.2. The van der Waals surface area contributed by atoms with Crippen molar-refractivity contribution < 1.29 is 4.79 Å².